The first-order valence-corrected chi connectivity index (χ1v) is 7.00. The van der Waals surface area contributed by atoms with E-state index in [9.17, 15) is 8.78 Å². The Labute approximate surface area is 124 Å². The monoisotopic (exact) mass is 290 g/mol. The molecule has 0 saturated carbocycles. The maximum atomic E-state index is 13.6. The second kappa shape index (κ2) is 6.31. The van der Waals surface area contributed by atoms with Gasteiger partial charge in [0.2, 0.25) is 0 Å². The van der Waals surface area contributed by atoms with Gasteiger partial charge in [0.15, 0.2) is 0 Å². The third-order valence-corrected chi connectivity index (χ3v) is 3.62. The summed E-state index contributed by atoms with van der Waals surface area (Å²) in [5.74, 6) is -0.822. The molecule has 0 fully saturated rings. The van der Waals surface area contributed by atoms with Crippen LogP contribution < -0.4 is 5.32 Å². The van der Waals surface area contributed by atoms with E-state index in [0.717, 1.165) is 34.6 Å². The van der Waals surface area contributed by atoms with Gasteiger partial charge in [0.05, 0.1) is 0 Å². The molecule has 112 valence electrons. The van der Waals surface area contributed by atoms with Crippen LogP contribution in [-0.4, -0.2) is 4.98 Å². The summed E-state index contributed by atoms with van der Waals surface area (Å²) >= 11 is 0. The SMILES string of the molecule is Cc1cc(C)c(C(C)NCc2cc(F)ccc2F)c(C)n1. The summed E-state index contributed by atoms with van der Waals surface area (Å²) in [5, 5.41) is 3.24. The molecule has 1 atom stereocenters. The van der Waals surface area contributed by atoms with E-state index < -0.39 is 11.6 Å². The Morgan fingerprint density at radius 2 is 1.86 bits per heavy atom. The smallest absolute Gasteiger partial charge is 0.127 e. The lowest BCUT2D eigenvalue weighted by Crippen LogP contribution is -2.21. The van der Waals surface area contributed by atoms with Gasteiger partial charge in [0.25, 0.3) is 0 Å². The van der Waals surface area contributed by atoms with Gasteiger partial charge in [0, 0.05) is 29.5 Å². The standard InChI is InChI=1S/C17H20F2N2/c1-10-7-11(2)21-13(4)17(10)12(3)20-9-14-8-15(18)5-6-16(14)19/h5-8,12,20H,9H2,1-4H3. The molecule has 0 bridgehead atoms. The Morgan fingerprint density at radius 3 is 2.52 bits per heavy atom. The van der Waals surface area contributed by atoms with Gasteiger partial charge in [-0.15, -0.1) is 0 Å². The van der Waals surface area contributed by atoms with E-state index in [0.29, 0.717) is 5.56 Å². The molecule has 0 saturated heterocycles. The second-order valence-electron chi connectivity index (χ2n) is 5.42. The summed E-state index contributed by atoms with van der Waals surface area (Å²) in [4.78, 5) is 4.47. The number of hydrogen-bond acceptors (Lipinski definition) is 2. The van der Waals surface area contributed by atoms with Crippen molar-refractivity contribution in [1.29, 1.82) is 0 Å². The lowest BCUT2D eigenvalue weighted by atomic mass is 10.00. The van der Waals surface area contributed by atoms with Crippen molar-refractivity contribution in [2.24, 2.45) is 0 Å². The van der Waals surface area contributed by atoms with Crippen LogP contribution in [-0.2, 0) is 6.54 Å². The lowest BCUT2D eigenvalue weighted by Gasteiger charge is -2.19. The fourth-order valence-electron chi connectivity index (χ4n) is 2.73. The molecule has 0 aliphatic carbocycles. The molecule has 2 aromatic rings. The second-order valence-corrected chi connectivity index (χ2v) is 5.42. The number of halogens is 2. The Hall–Kier alpha value is -1.81. The zero-order valence-corrected chi connectivity index (χ0v) is 12.8. The minimum Gasteiger partial charge on any atom is -0.306 e. The molecule has 1 heterocycles. The van der Waals surface area contributed by atoms with E-state index >= 15 is 0 Å². The highest BCUT2D eigenvalue weighted by molar-refractivity contribution is 5.33. The summed E-state index contributed by atoms with van der Waals surface area (Å²) in [7, 11) is 0. The fourth-order valence-corrected chi connectivity index (χ4v) is 2.73. The molecule has 1 aromatic carbocycles. The molecule has 2 rings (SSSR count). The van der Waals surface area contributed by atoms with Crippen LogP contribution in [0, 0.1) is 32.4 Å². The van der Waals surface area contributed by atoms with Crippen molar-refractivity contribution in [1.82, 2.24) is 10.3 Å². The van der Waals surface area contributed by atoms with Gasteiger partial charge >= 0.3 is 0 Å². The average molecular weight is 290 g/mol. The summed E-state index contributed by atoms with van der Waals surface area (Å²) in [6.07, 6.45) is 0. The molecular weight excluding hydrogens is 270 g/mol. The molecule has 1 N–H and O–H groups in total. The number of benzene rings is 1. The summed E-state index contributed by atoms with van der Waals surface area (Å²) in [6.45, 7) is 8.25. The highest BCUT2D eigenvalue weighted by Crippen LogP contribution is 2.22. The Morgan fingerprint density at radius 1 is 1.14 bits per heavy atom. The summed E-state index contributed by atoms with van der Waals surface area (Å²) in [5.41, 5.74) is 4.54. The van der Waals surface area contributed by atoms with E-state index in [-0.39, 0.29) is 12.6 Å². The third-order valence-electron chi connectivity index (χ3n) is 3.62. The molecule has 0 spiro atoms. The van der Waals surface area contributed by atoms with Crippen LogP contribution in [0.4, 0.5) is 8.78 Å². The number of rotatable bonds is 4. The number of aryl methyl sites for hydroxylation is 3. The van der Waals surface area contributed by atoms with Crippen molar-refractivity contribution in [3.8, 4) is 0 Å². The maximum absolute atomic E-state index is 13.6. The molecule has 2 nitrogen and oxygen atoms in total. The number of nitrogens with zero attached hydrogens (tertiary/aromatic N) is 1. The average Bonchev–Trinajstić information content (AvgIpc) is 2.38. The largest absolute Gasteiger partial charge is 0.306 e. The zero-order valence-electron chi connectivity index (χ0n) is 12.8. The molecule has 0 radical (unpaired) electrons. The van der Waals surface area contributed by atoms with Crippen LogP contribution in [0.15, 0.2) is 24.3 Å². The van der Waals surface area contributed by atoms with Gasteiger partial charge in [-0.05, 0) is 63.1 Å². The minimum absolute atomic E-state index is 0.0146. The first-order valence-electron chi connectivity index (χ1n) is 7.00. The van der Waals surface area contributed by atoms with Crippen LogP contribution in [0.25, 0.3) is 0 Å². The number of nitrogens with one attached hydrogen (secondary N) is 1. The van der Waals surface area contributed by atoms with Crippen molar-refractivity contribution < 1.29 is 8.78 Å². The first-order chi connectivity index (χ1) is 9.88. The highest BCUT2D eigenvalue weighted by Gasteiger charge is 2.13. The van der Waals surface area contributed by atoms with Crippen molar-refractivity contribution in [3.63, 3.8) is 0 Å². The van der Waals surface area contributed by atoms with Gasteiger partial charge in [-0.2, -0.15) is 0 Å². The van der Waals surface area contributed by atoms with Crippen molar-refractivity contribution in [3.05, 3.63) is 64.0 Å². The van der Waals surface area contributed by atoms with Crippen molar-refractivity contribution in [2.45, 2.75) is 40.3 Å². The van der Waals surface area contributed by atoms with Gasteiger partial charge in [0.1, 0.15) is 11.6 Å². The zero-order chi connectivity index (χ0) is 15.6. The number of aromatic nitrogens is 1. The predicted octanol–water partition coefficient (Wildman–Crippen LogP) is 4.14. The normalized spacial score (nSPS) is 12.5. The Balaban J connectivity index is 2.15. The highest BCUT2D eigenvalue weighted by atomic mass is 19.1. The number of pyridine rings is 1. The summed E-state index contributed by atoms with van der Waals surface area (Å²) in [6, 6.07) is 5.55. The van der Waals surface area contributed by atoms with Crippen LogP contribution >= 0.6 is 0 Å². The molecule has 1 aromatic heterocycles. The van der Waals surface area contributed by atoms with Gasteiger partial charge in [-0.3, -0.25) is 4.98 Å². The molecule has 21 heavy (non-hydrogen) atoms. The first kappa shape index (κ1) is 15.6. The Kier molecular flexibility index (Phi) is 4.68. The fraction of sp³-hybridized carbons (Fsp3) is 0.353. The van der Waals surface area contributed by atoms with Crippen LogP contribution in [0.2, 0.25) is 0 Å². The minimum atomic E-state index is -0.426. The van der Waals surface area contributed by atoms with E-state index in [1.807, 2.05) is 33.8 Å². The predicted molar refractivity (Wildman–Crippen MR) is 80.1 cm³/mol. The molecular formula is C17H20F2N2. The number of hydrogen-bond donors (Lipinski definition) is 1. The topological polar surface area (TPSA) is 24.9 Å². The molecule has 0 aliphatic rings. The van der Waals surface area contributed by atoms with Crippen molar-refractivity contribution in [2.75, 3.05) is 0 Å². The van der Waals surface area contributed by atoms with Gasteiger partial charge < -0.3 is 5.32 Å². The Bertz CT molecular complexity index is 630. The van der Waals surface area contributed by atoms with Gasteiger partial charge in [-0.1, -0.05) is 0 Å². The third kappa shape index (κ3) is 3.64. The van der Waals surface area contributed by atoms with Crippen molar-refractivity contribution >= 4 is 0 Å². The van der Waals surface area contributed by atoms with E-state index in [1.165, 1.54) is 6.07 Å². The lowest BCUT2D eigenvalue weighted by molar-refractivity contribution is 0.532. The molecule has 0 amide bonds. The van der Waals surface area contributed by atoms with Crippen LogP contribution in [0.1, 0.15) is 41.0 Å². The van der Waals surface area contributed by atoms with E-state index in [1.54, 1.807) is 0 Å². The molecule has 1 unspecified atom stereocenters. The summed E-state index contributed by atoms with van der Waals surface area (Å²) < 4.78 is 26.8. The maximum Gasteiger partial charge on any atom is 0.127 e. The molecule has 0 aliphatic heterocycles. The van der Waals surface area contributed by atoms with Crippen LogP contribution in [0.3, 0.4) is 0 Å². The van der Waals surface area contributed by atoms with Crippen LogP contribution in [0.5, 0.6) is 0 Å². The molecule has 4 heteroatoms. The van der Waals surface area contributed by atoms with E-state index in [2.05, 4.69) is 10.3 Å². The van der Waals surface area contributed by atoms with Gasteiger partial charge in [-0.25, -0.2) is 8.78 Å². The van der Waals surface area contributed by atoms with E-state index in [4.69, 9.17) is 0 Å². The quantitative estimate of drug-likeness (QED) is 0.915.